The Morgan fingerprint density at radius 3 is 2.25 bits per heavy atom. The summed E-state index contributed by atoms with van der Waals surface area (Å²) in [5.41, 5.74) is -0.0242. The van der Waals surface area contributed by atoms with Crippen LogP contribution in [0.25, 0.3) is 0 Å². The first-order valence-corrected chi connectivity index (χ1v) is 11.5. The monoisotopic (exact) mass is 468 g/mol. The molecule has 32 heavy (non-hydrogen) atoms. The van der Waals surface area contributed by atoms with Gasteiger partial charge in [0.2, 0.25) is 6.29 Å². The predicted octanol–water partition coefficient (Wildman–Crippen LogP) is 2.57. The molecule has 5 fully saturated rings. The van der Waals surface area contributed by atoms with Crippen LogP contribution < -0.4 is 4.74 Å². The Hall–Kier alpha value is -1.26. The van der Waals surface area contributed by atoms with E-state index in [1.165, 1.54) is 13.5 Å². The summed E-state index contributed by atoms with van der Waals surface area (Å²) in [7, 11) is 2.90. The Morgan fingerprint density at radius 1 is 1.09 bits per heavy atom. The summed E-state index contributed by atoms with van der Waals surface area (Å²) in [6.07, 6.45) is 1.34. The third kappa shape index (κ3) is 3.01. The van der Waals surface area contributed by atoms with Gasteiger partial charge in [0.05, 0.1) is 5.02 Å². The van der Waals surface area contributed by atoms with E-state index in [2.05, 4.69) is 0 Å². The lowest BCUT2D eigenvalue weighted by Gasteiger charge is -2.68. The molecule has 5 aliphatic rings. The number of carbonyl (C=O) groups excluding carboxylic acids is 1. The molecule has 4 bridgehead atoms. The molecular formula is C23H29ClO8. The average Bonchev–Trinajstić information content (AvgIpc) is 2.77. The molecule has 1 aliphatic heterocycles. The molecule has 1 saturated heterocycles. The topological polar surface area (TPSA) is 104 Å². The number of aliphatic hydroxyl groups is 2. The van der Waals surface area contributed by atoms with Gasteiger partial charge in [-0.05, 0) is 61.8 Å². The summed E-state index contributed by atoms with van der Waals surface area (Å²) in [5.74, 6) is 1.16. The normalized spacial score (nSPS) is 40.0. The van der Waals surface area contributed by atoms with E-state index in [0.29, 0.717) is 17.4 Å². The number of rotatable bonds is 8. The molecule has 3 unspecified atom stereocenters. The molecule has 0 radical (unpaired) electrons. The Kier molecular flexibility index (Phi) is 5.77. The summed E-state index contributed by atoms with van der Waals surface area (Å²) in [6, 6.07) is 5.19. The van der Waals surface area contributed by atoms with Crippen LogP contribution in [0.4, 0.5) is 0 Å². The first-order valence-electron chi connectivity index (χ1n) is 11.1. The minimum absolute atomic E-state index is 0.207. The highest BCUT2D eigenvalue weighted by atomic mass is 35.5. The van der Waals surface area contributed by atoms with Gasteiger partial charge in [-0.2, -0.15) is 4.89 Å². The second-order valence-electron chi connectivity index (χ2n) is 9.54. The maximum Gasteiger partial charge on any atom is 0.262 e. The van der Waals surface area contributed by atoms with Gasteiger partial charge in [-0.1, -0.05) is 23.7 Å². The SMILES string of the molecule is COC(Oc1cccc(C2(OC)OOC23C2CC4CC(C2)CC3C4)c1Cl)C(O)[C@H](O)C=O. The molecule has 4 atom stereocenters. The zero-order chi connectivity index (χ0) is 22.7. The fourth-order valence-electron chi connectivity index (χ4n) is 6.81. The summed E-state index contributed by atoms with van der Waals surface area (Å²) in [6.45, 7) is 0. The number of ether oxygens (including phenoxy) is 3. The average molecular weight is 469 g/mol. The van der Waals surface area contributed by atoms with Crippen molar-refractivity contribution in [3.8, 4) is 5.75 Å². The van der Waals surface area contributed by atoms with Crippen LogP contribution in [0.15, 0.2) is 18.2 Å². The van der Waals surface area contributed by atoms with E-state index in [9.17, 15) is 15.0 Å². The lowest BCUT2D eigenvalue weighted by Crippen LogP contribution is -2.76. The number of hydrogen-bond acceptors (Lipinski definition) is 8. The van der Waals surface area contributed by atoms with E-state index >= 15 is 0 Å². The van der Waals surface area contributed by atoms with Crippen molar-refractivity contribution in [2.75, 3.05) is 14.2 Å². The summed E-state index contributed by atoms with van der Waals surface area (Å²) < 4.78 is 16.9. The molecule has 4 saturated carbocycles. The van der Waals surface area contributed by atoms with Crippen molar-refractivity contribution < 1.29 is 39.0 Å². The molecule has 0 aromatic heterocycles. The van der Waals surface area contributed by atoms with Gasteiger partial charge in [-0.3, -0.25) is 0 Å². The van der Waals surface area contributed by atoms with E-state index in [0.717, 1.165) is 37.5 Å². The highest BCUT2D eigenvalue weighted by molar-refractivity contribution is 6.33. The van der Waals surface area contributed by atoms with Crippen molar-refractivity contribution in [1.82, 2.24) is 0 Å². The first-order chi connectivity index (χ1) is 15.4. The maximum absolute atomic E-state index is 10.9. The van der Waals surface area contributed by atoms with Crippen LogP contribution in [0.3, 0.4) is 0 Å². The van der Waals surface area contributed by atoms with E-state index in [-0.39, 0.29) is 17.1 Å². The second-order valence-corrected chi connectivity index (χ2v) is 9.92. The van der Waals surface area contributed by atoms with Gasteiger partial charge < -0.3 is 29.2 Å². The van der Waals surface area contributed by atoms with Gasteiger partial charge in [0.25, 0.3) is 5.79 Å². The molecule has 2 N–H and O–H groups in total. The Morgan fingerprint density at radius 2 is 1.75 bits per heavy atom. The first kappa shape index (κ1) is 22.5. The van der Waals surface area contributed by atoms with Crippen molar-refractivity contribution >= 4 is 17.9 Å². The van der Waals surface area contributed by atoms with Gasteiger partial charge in [0.1, 0.15) is 18.0 Å². The minimum Gasteiger partial charge on any atom is -0.460 e. The van der Waals surface area contributed by atoms with Crippen molar-refractivity contribution in [2.24, 2.45) is 23.7 Å². The molecule has 1 aromatic rings. The van der Waals surface area contributed by atoms with Gasteiger partial charge in [-0.25, -0.2) is 4.89 Å². The van der Waals surface area contributed by atoms with Gasteiger partial charge in [-0.15, -0.1) is 0 Å². The number of aliphatic hydroxyl groups excluding tert-OH is 2. The summed E-state index contributed by atoms with van der Waals surface area (Å²) in [5, 5.41) is 20.1. The fraction of sp³-hybridized carbons (Fsp3) is 0.696. The number of carbonyl (C=O) groups is 1. The van der Waals surface area contributed by atoms with Crippen LogP contribution in [0.1, 0.15) is 37.7 Å². The lowest BCUT2D eigenvalue weighted by molar-refractivity contribution is -0.645. The van der Waals surface area contributed by atoms with Crippen LogP contribution in [0.2, 0.25) is 5.02 Å². The van der Waals surface area contributed by atoms with Crippen molar-refractivity contribution in [3.05, 3.63) is 28.8 Å². The van der Waals surface area contributed by atoms with E-state index in [1.807, 2.05) is 6.07 Å². The van der Waals surface area contributed by atoms with Gasteiger partial charge in [0.15, 0.2) is 11.9 Å². The Balaban J connectivity index is 1.49. The van der Waals surface area contributed by atoms with E-state index in [1.54, 1.807) is 19.2 Å². The molecule has 4 aliphatic carbocycles. The molecule has 1 spiro atoms. The number of hydrogen-bond donors (Lipinski definition) is 2. The van der Waals surface area contributed by atoms with E-state index in [4.69, 9.17) is 35.6 Å². The minimum atomic E-state index is -1.66. The third-order valence-electron chi connectivity index (χ3n) is 8.01. The standard InChI is InChI=1S/C23H29ClO8/c1-28-21(20(27)17(26)11-25)30-18-5-3-4-16(19(18)24)23(29-2)22(31-32-23)14-7-12-6-13(9-14)10-15(22)8-12/h3-5,11-15,17,20-21,26-27H,6-10H2,1-2H3/t12?,13?,14?,15?,17-,20?,21?,22?,23?/m1/s1. The fourth-order valence-corrected chi connectivity index (χ4v) is 7.11. The molecule has 1 aromatic carbocycles. The van der Waals surface area contributed by atoms with Gasteiger partial charge in [0, 0.05) is 19.8 Å². The van der Waals surface area contributed by atoms with Crippen LogP contribution in [-0.4, -0.2) is 54.8 Å². The molecule has 0 amide bonds. The second kappa shape index (κ2) is 8.20. The highest BCUT2D eigenvalue weighted by Gasteiger charge is 2.77. The third-order valence-corrected chi connectivity index (χ3v) is 8.40. The van der Waals surface area contributed by atoms with Crippen molar-refractivity contribution in [2.45, 2.75) is 62.0 Å². The lowest BCUT2D eigenvalue weighted by atomic mass is 9.47. The highest BCUT2D eigenvalue weighted by Crippen LogP contribution is 2.70. The molecule has 176 valence electrons. The molecule has 1 heterocycles. The van der Waals surface area contributed by atoms with Crippen molar-refractivity contribution in [3.63, 3.8) is 0 Å². The molecule has 9 heteroatoms. The predicted molar refractivity (Wildman–Crippen MR) is 112 cm³/mol. The zero-order valence-corrected chi connectivity index (χ0v) is 18.9. The maximum atomic E-state index is 10.9. The number of methoxy groups -OCH3 is 2. The number of benzene rings is 1. The number of halogens is 1. The Bertz CT molecular complexity index is 846. The van der Waals surface area contributed by atoms with Crippen molar-refractivity contribution in [1.29, 1.82) is 0 Å². The van der Waals surface area contributed by atoms with Gasteiger partial charge >= 0.3 is 0 Å². The largest absolute Gasteiger partial charge is 0.460 e. The van der Waals surface area contributed by atoms with E-state index < -0.39 is 29.9 Å². The number of aldehydes is 1. The van der Waals surface area contributed by atoms with Crippen LogP contribution >= 0.6 is 11.6 Å². The summed E-state index contributed by atoms with van der Waals surface area (Å²) >= 11 is 6.79. The Labute approximate surface area is 191 Å². The smallest absolute Gasteiger partial charge is 0.262 e. The molecule has 6 rings (SSSR count). The van der Waals surface area contributed by atoms with Crippen LogP contribution in [-0.2, 0) is 29.8 Å². The van der Waals surface area contributed by atoms with Crippen LogP contribution in [0.5, 0.6) is 5.75 Å². The molecule has 8 nitrogen and oxygen atoms in total. The molecular weight excluding hydrogens is 440 g/mol. The quantitative estimate of drug-likeness (QED) is 0.341. The summed E-state index contributed by atoms with van der Waals surface area (Å²) in [4.78, 5) is 22.6. The zero-order valence-electron chi connectivity index (χ0n) is 18.1. The van der Waals surface area contributed by atoms with Crippen LogP contribution in [0, 0.1) is 23.7 Å².